The van der Waals surface area contributed by atoms with Crippen LogP contribution in [0.15, 0.2) is 71.1 Å². The van der Waals surface area contributed by atoms with Crippen LogP contribution in [0.4, 0.5) is 5.69 Å². The Morgan fingerprint density at radius 2 is 1.72 bits per heavy atom. The first-order valence-electron chi connectivity index (χ1n) is 10.1. The molecule has 0 saturated carbocycles. The van der Waals surface area contributed by atoms with E-state index in [0.717, 1.165) is 11.3 Å². The summed E-state index contributed by atoms with van der Waals surface area (Å²) in [6.45, 7) is 1.77. The van der Waals surface area contributed by atoms with E-state index in [1.54, 1.807) is 31.2 Å². The van der Waals surface area contributed by atoms with Gasteiger partial charge >= 0.3 is 5.97 Å². The predicted octanol–water partition coefficient (Wildman–Crippen LogP) is 4.78. The second kappa shape index (κ2) is 8.59. The fourth-order valence-electron chi connectivity index (χ4n) is 4.51. The molecule has 7 nitrogen and oxygen atoms in total. The number of ketones is 1. The molecule has 0 bridgehead atoms. The van der Waals surface area contributed by atoms with Crippen LogP contribution in [-0.4, -0.2) is 23.8 Å². The van der Waals surface area contributed by atoms with Crippen molar-refractivity contribution in [2.45, 2.75) is 31.6 Å². The third-order valence-corrected chi connectivity index (χ3v) is 6.26. The van der Waals surface area contributed by atoms with Gasteiger partial charge in [-0.15, -0.1) is 0 Å². The van der Waals surface area contributed by atoms with E-state index in [1.165, 1.54) is 19.2 Å². The predicted molar refractivity (Wildman–Crippen MR) is 119 cm³/mol. The van der Waals surface area contributed by atoms with Crippen LogP contribution < -0.4 is 5.32 Å². The molecule has 0 radical (unpaired) electrons. The van der Waals surface area contributed by atoms with Crippen molar-refractivity contribution in [1.82, 2.24) is 5.32 Å². The SMILES string of the molecule is COC(=O)C1=C(C)NC2=C(C(=O)C[C@@H](c3ccc(Cl)cc3)C2)[C@@H]1c1ccc([N+](=O)[O-])cc1. The van der Waals surface area contributed by atoms with Gasteiger partial charge in [0.05, 0.1) is 17.6 Å². The standard InChI is InChI=1S/C24H21ClN2O5/c1-13-21(24(29)32-2)22(15-5-9-18(10-6-15)27(30)31)23-19(26-13)11-16(12-20(23)28)14-3-7-17(25)8-4-14/h3-10,16,22,26H,11-12H2,1-2H3/t16-,22+/m0/s1. The fraction of sp³-hybridized carbons (Fsp3) is 0.250. The van der Waals surface area contributed by atoms with Gasteiger partial charge in [-0.2, -0.15) is 0 Å². The zero-order chi connectivity index (χ0) is 23.0. The largest absolute Gasteiger partial charge is 0.466 e. The van der Waals surface area contributed by atoms with Crippen LogP contribution in [-0.2, 0) is 14.3 Å². The molecule has 1 aliphatic carbocycles. The quantitative estimate of drug-likeness (QED) is 0.407. The number of hydrogen-bond acceptors (Lipinski definition) is 6. The van der Waals surface area contributed by atoms with Crippen LogP contribution in [0.5, 0.6) is 0 Å². The van der Waals surface area contributed by atoms with E-state index in [2.05, 4.69) is 5.32 Å². The van der Waals surface area contributed by atoms with Crippen molar-refractivity contribution < 1.29 is 19.2 Å². The van der Waals surface area contributed by atoms with Gasteiger partial charge in [0.1, 0.15) is 0 Å². The number of methoxy groups -OCH3 is 1. The lowest BCUT2D eigenvalue weighted by Gasteiger charge is -2.36. The van der Waals surface area contributed by atoms with Crippen molar-refractivity contribution in [1.29, 1.82) is 0 Å². The van der Waals surface area contributed by atoms with Crippen molar-refractivity contribution in [2.75, 3.05) is 7.11 Å². The summed E-state index contributed by atoms with van der Waals surface area (Å²) in [6.07, 6.45) is 0.886. The average molecular weight is 453 g/mol. The lowest BCUT2D eigenvalue weighted by Crippen LogP contribution is -2.36. The topological polar surface area (TPSA) is 98.5 Å². The van der Waals surface area contributed by atoms with Crippen LogP contribution in [0.3, 0.4) is 0 Å². The summed E-state index contributed by atoms with van der Waals surface area (Å²) < 4.78 is 5.00. The molecule has 1 N–H and O–H groups in total. The molecule has 0 unspecified atom stereocenters. The summed E-state index contributed by atoms with van der Waals surface area (Å²) in [5, 5.41) is 15.0. The van der Waals surface area contributed by atoms with Crippen molar-refractivity contribution in [2.24, 2.45) is 0 Å². The summed E-state index contributed by atoms with van der Waals surface area (Å²) in [7, 11) is 1.29. The molecule has 2 atom stereocenters. The molecule has 0 amide bonds. The average Bonchev–Trinajstić information content (AvgIpc) is 2.78. The Hall–Kier alpha value is -3.45. The number of esters is 1. The molecule has 0 aromatic heterocycles. The van der Waals surface area contributed by atoms with Gasteiger partial charge in [-0.3, -0.25) is 14.9 Å². The third-order valence-electron chi connectivity index (χ3n) is 6.01. The van der Waals surface area contributed by atoms with E-state index in [-0.39, 0.29) is 17.4 Å². The number of halogens is 1. The number of nitrogens with zero attached hydrogens (tertiary/aromatic N) is 1. The lowest BCUT2D eigenvalue weighted by atomic mass is 9.71. The van der Waals surface area contributed by atoms with Crippen LogP contribution >= 0.6 is 11.6 Å². The van der Waals surface area contributed by atoms with Crippen molar-refractivity contribution in [3.63, 3.8) is 0 Å². The molecule has 2 aromatic rings. The summed E-state index contributed by atoms with van der Waals surface area (Å²) in [4.78, 5) is 36.6. The fourth-order valence-corrected chi connectivity index (χ4v) is 4.64. The van der Waals surface area contributed by atoms with Crippen LogP contribution in [0, 0.1) is 10.1 Å². The first-order valence-corrected chi connectivity index (χ1v) is 10.5. The molecule has 4 rings (SSSR count). The Bertz CT molecular complexity index is 1170. The van der Waals surface area contributed by atoms with E-state index >= 15 is 0 Å². The Morgan fingerprint density at radius 1 is 1.09 bits per heavy atom. The Balaban J connectivity index is 1.79. The van der Waals surface area contributed by atoms with Gasteiger partial charge in [0.2, 0.25) is 0 Å². The highest BCUT2D eigenvalue weighted by Crippen LogP contribution is 2.45. The first kappa shape index (κ1) is 21.8. The van der Waals surface area contributed by atoms with Gasteiger partial charge in [-0.05, 0) is 42.5 Å². The lowest BCUT2D eigenvalue weighted by molar-refractivity contribution is -0.384. The minimum absolute atomic E-state index is 0.0176. The minimum Gasteiger partial charge on any atom is -0.466 e. The number of allylic oxidation sites excluding steroid dienone is 3. The molecule has 32 heavy (non-hydrogen) atoms. The molecule has 8 heteroatoms. The number of ether oxygens (including phenoxy) is 1. The highest BCUT2D eigenvalue weighted by atomic mass is 35.5. The second-order valence-electron chi connectivity index (χ2n) is 7.91. The first-order chi connectivity index (χ1) is 15.3. The zero-order valence-corrected chi connectivity index (χ0v) is 18.3. The van der Waals surface area contributed by atoms with Crippen molar-refractivity contribution in [3.05, 3.63) is 97.3 Å². The highest BCUT2D eigenvalue weighted by molar-refractivity contribution is 6.30. The molecule has 2 aliphatic rings. The van der Waals surface area contributed by atoms with Gasteiger partial charge in [-0.25, -0.2) is 4.79 Å². The molecule has 0 saturated heterocycles. The number of hydrogen-bond donors (Lipinski definition) is 1. The van der Waals surface area contributed by atoms with Crippen LogP contribution in [0.25, 0.3) is 0 Å². The van der Waals surface area contributed by atoms with E-state index < -0.39 is 16.8 Å². The van der Waals surface area contributed by atoms with Gasteiger partial charge in [-0.1, -0.05) is 35.9 Å². The van der Waals surface area contributed by atoms with E-state index in [9.17, 15) is 19.7 Å². The van der Waals surface area contributed by atoms with Crippen LogP contribution in [0.2, 0.25) is 5.02 Å². The van der Waals surface area contributed by atoms with Gasteiger partial charge in [0.25, 0.3) is 5.69 Å². The number of carbonyl (C=O) groups is 2. The van der Waals surface area contributed by atoms with E-state index in [1.807, 2.05) is 12.1 Å². The molecule has 2 aromatic carbocycles. The number of rotatable bonds is 4. The molecule has 0 fully saturated rings. The third kappa shape index (κ3) is 3.91. The normalized spacial score (nSPS) is 20.5. The van der Waals surface area contributed by atoms with Gasteiger partial charge < -0.3 is 10.1 Å². The number of Topliss-reactive ketones (excluding diaryl/α,β-unsaturated/α-hetero) is 1. The smallest absolute Gasteiger partial charge is 0.336 e. The number of carbonyl (C=O) groups excluding carboxylic acids is 2. The monoisotopic (exact) mass is 452 g/mol. The van der Waals surface area contributed by atoms with Crippen molar-refractivity contribution >= 4 is 29.0 Å². The summed E-state index contributed by atoms with van der Waals surface area (Å²) >= 11 is 6.01. The number of benzene rings is 2. The minimum atomic E-state index is -0.654. The van der Waals surface area contributed by atoms with Gasteiger partial charge in [0.15, 0.2) is 5.78 Å². The Labute approximate surface area is 189 Å². The van der Waals surface area contributed by atoms with Crippen LogP contribution in [0.1, 0.15) is 42.7 Å². The maximum Gasteiger partial charge on any atom is 0.336 e. The van der Waals surface area contributed by atoms with Gasteiger partial charge in [0, 0.05) is 46.5 Å². The summed E-state index contributed by atoms with van der Waals surface area (Å²) in [6, 6.07) is 13.4. The molecule has 164 valence electrons. The zero-order valence-electron chi connectivity index (χ0n) is 17.6. The van der Waals surface area contributed by atoms with Crippen molar-refractivity contribution in [3.8, 4) is 0 Å². The molecule has 1 aliphatic heterocycles. The summed E-state index contributed by atoms with van der Waals surface area (Å²) in [5.74, 6) is -1.29. The number of nitrogens with one attached hydrogen (secondary N) is 1. The van der Waals surface area contributed by atoms with E-state index in [4.69, 9.17) is 16.3 Å². The number of nitro benzene ring substituents is 1. The maximum absolute atomic E-state index is 13.4. The number of nitro groups is 1. The highest BCUT2D eigenvalue weighted by Gasteiger charge is 2.41. The molecule has 1 heterocycles. The number of dihydropyridines is 1. The Kier molecular flexibility index (Phi) is 5.84. The molecular formula is C24H21ClN2O5. The Morgan fingerprint density at radius 3 is 2.31 bits per heavy atom. The maximum atomic E-state index is 13.4. The van der Waals surface area contributed by atoms with E-state index in [0.29, 0.717) is 40.3 Å². The molecule has 0 spiro atoms. The second-order valence-corrected chi connectivity index (χ2v) is 8.35. The number of non-ortho nitro benzene ring substituents is 1. The summed E-state index contributed by atoms with van der Waals surface area (Å²) in [5.41, 5.74) is 3.78. The molecular weight excluding hydrogens is 432 g/mol.